The van der Waals surface area contributed by atoms with Crippen LogP contribution in [0.2, 0.25) is 0 Å². The average molecular weight is 241 g/mol. The van der Waals surface area contributed by atoms with E-state index >= 15 is 0 Å². The van der Waals surface area contributed by atoms with E-state index in [1.165, 1.54) is 70.4 Å². The van der Waals surface area contributed by atoms with Gasteiger partial charge < -0.3 is 0 Å². The van der Waals surface area contributed by atoms with Crippen LogP contribution in [-0.4, -0.2) is 57.5 Å². The minimum atomic E-state index is 0. The number of unbranched alkanes of at least 4 members (excludes halogenated alkanes) is 9. The van der Waals surface area contributed by atoms with E-state index in [0.717, 1.165) is 0 Å². The largest absolute Gasteiger partial charge is 0.138 e. The maximum atomic E-state index is 2.81. The standard InChI is InChI=1S/C12H27P.K/c1-2-3-4-5-6-7-8-9-10-11-12-13;/h2-13H2,1H3;. The fourth-order valence-corrected chi connectivity index (χ4v) is 1.92. The molecule has 0 aromatic heterocycles. The summed E-state index contributed by atoms with van der Waals surface area (Å²) in [5.74, 6) is 0. The maximum Gasteiger partial charge on any atom is 0 e. The Morgan fingerprint density at radius 3 is 1.36 bits per heavy atom. The van der Waals surface area contributed by atoms with E-state index in [1.807, 2.05) is 0 Å². The molecule has 0 N–H and O–H groups in total. The Kier molecular flexibility index (Phi) is 23.0. The molecular weight excluding hydrogens is 214 g/mol. The molecule has 0 saturated heterocycles. The van der Waals surface area contributed by atoms with Crippen LogP contribution in [0.3, 0.4) is 0 Å². The first-order valence-corrected chi connectivity index (χ1v) is 6.93. The summed E-state index contributed by atoms with van der Waals surface area (Å²) in [5.41, 5.74) is 0. The number of hydrogen-bond acceptors (Lipinski definition) is 0. The molecule has 0 aromatic rings. The third-order valence-corrected chi connectivity index (χ3v) is 2.97. The molecule has 0 heterocycles. The zero-order chi connectivity index (χ0) is 9.78. The number of hydrogen-bond donors (Lipinski definition) is 0. The molecule has 1 unspecified atom stereocenters. The van der Waals surface area contributed by atoms with Gasteiger partial charge in [-0.2, -0.15) is 0 Å². The summed E-state index contributed by atoms with van der Waals surface area (Å²) in [6.07, 6.45) is 15.7. The van der Waals surface area contributed by atoms with E-state index < -0.39 is 0 Å². The second-order valence-corrected chi connectivity index (χ2v) is 4.55. The van der Waals surface area contributed by atoms with E-state index in [0.29, 0.717) is 0 Å². The minimum Gasteiger partial charge on any atom is -0.138 e. The zero-order valence-corrected chi connectivity index (χ0v) is 14.6. The van der Waals surface area contributed by atoms with Crippen molar-refractivity contribution >= 4 is 60.6 Å². The molecule has 0 aliphatic carbocycles. The summed E-state index contributed by atoms with van der Waals surface area (Å²) in [7, 11) is 2.81. The van der Waals surface area contributed by atoms with Crippen LogP contribution < -0.4 is 0 Å². The molecule has 0 aliphatic rings. The van der Waals surface area contributed by atoms with E-state index in [1.54, 1.807) is 0 Å². The summed E-state index contributed by atoms with van der Waals surface area (Å²) in [4.78, 5) is 0. The molecule has 0 aliphatic heterocycles. The van der Waals surface area contributed by atoms with Crippen LogP contribution in [0.4, 0.5) is 0 Å². The van der Waals surface area contributed by atoms with Gasteiger partial charge in [-0.1, -0.05) is 64.7 Å². The van der Waals surface area contributed by atoms with Crippen LogP contribution in [0, 0.1) is 0 Å². The molecule has 14 heavy (non-hydrogen) atoms. The van der Waals surface area contributed by atoms with E-state index in [2.05, 4.69) is 16.2 Å². The molecule has 1 atom stereocenters. The van der Waals surface area contributed by atoms with Gasteiger partial charge in [0.05, 0.1) is 0 Å². The molecule has 1 radical (unpaired) electrons. The fraction of sp³-hybridized carbons (Fsp3) is 1.00. The van der Waals surface area contributed by atoms with Crippen LogP contribution >= 0.6 is 9.24 Å². The Morgan fingerprint density at radius 1 is 0.643 bits per heavy atom. The third-order valence-electron chi connectivity index (χ3n) is 2.56. The molecule has 81 valence electrons. The van der Waals surface area contributed by atoms with Crippen LogP contribution in [0.5, 0.6) is 0 Å². The topological polar surface area (TPSA) is 0 Å². The Hall–Kier alpha value is 2.07. The van der Waals surface area contributed by atoms with Crippen molar-refractivity contribution in [2.24, 2.45) is 0 Å². The first-order chi connectivity index (χ1) is 6.41. The predicted octanol–water partition coefficient (Wildman–Crippen LogP) is 4.40. The summed E-state index contributed by atoms with van der Waals surface area (Å²) in [6, 6.07) is 0. The van der Waals surface area contributed by atoms with Gasteiger partial charge >= 0.3 is 0 Å². The van der Waals surface area contributed by atoms with Gasteiger partial charge in [0.1, 0.15) is 0 Å². The van der Waals surface area contributed by atoms with E-state index in [4.69, 9.17) is 0 Å². The summed E-state index contributed by atoms with van der Waals surface area (Å²) < 4.78 is 0. The van der Waals surface area contributed by atoms with Crippen molar-refractivity contribution in [2.75, 3.05) is 6.16 Å². The second-order valence-electron chi connectivity index (χ2n) is 3.97. The Bertz CT molecular complexity index is 76.4. The minimum absolute atomic E-state index is 0. The maximum absolute atomic E-state index is 2.81. The first kappa shape index (κ1) is 18.4. The number of rotatable bonds is 10. The van der Waals surface area contributed by atoms with Gasteiger partial charge in [0.15, 0.2) is 0 Å². The van der Waals surface area contributed by atoms with Crippen molar-refractivity contribution in [3.63, 3.8) is 0 Å². The van der Waals surface area contributed by atoms with Crippen molar-refractivity contribution in [1.82, 2.24) is 0 Å². The van der Waals surface area contributed by atoms with Crippen LogP contribution in [0.25, 0.3) is 0 Å². The fourth-order valence-electron chi connectivity index (χ4n) is 1.63. The van der Waals surface area contributed by atoms with Crippen molar-refractivity contribution in [1.29, 1.82) is 0 Å². The van der Waals surface area contributed by atoms with Gasteiger partial charge in [0.2, 0.25) is 0 Å². The van der Waals surface area contributed by atoms with Crippen molar-refractivity contribution in [3.8, 4) is 0 Å². The van der Waals surface area contributed by atoms with Crippen molar-refractivity contribution < 1.29 is 0 Å². The summed E-state index contributed by atoms with van der Waals surface area (Å²) >= 11 is 0. The van der Waals surface area contributed by atoms with Crippen LogP contribution in [0.15, 0.2) is 0 Å². The SMILES string of the molecule is CCCCCCCCCCCCP.[K]. The third kappa shape index (κ3) is 16.5. The molecular formula is C12H27KP. The quantitative estimate of drug-likeness (QED) is 0.302. The Labute approximate surface area is 136 Å². The van der Waals surface area contributed by atoms with Crippen molar-refractivity contribution in [3.05, 3.63) is 0 Å². The summed E-state index contributed by atoms with van der Waals surface area (Å²) in [6.45, 7) is 2.28. The van der Waals surface area contributed by atoms with Gasteiger partial charge in [-0.3, -0.25) is 0 Å². The van der Waals surface area contributed by atoms with Gasteiger partial charge in [-0.15, -0.1) is 9.24 Å². The van der Waals surface area contributed by atoms with Gasteiger partial charge in [-0.05, 0) is 12.6 Å². The van der Waals surface area contributed by atoms with Gasteiger partial charge in [0, 0.05) is 51.4 Å². The van der Waals surface area contributed by atoms with Crippen LogP contribution in [0.1, 0.15) is 71.1 Å². The molecule has 0 fully saturated rings. The average Bonchev–Trinajstić information content (AvgIpc) is 2.16. The van der Waals surface area contributed by atoms with Crippen LogP contribution in [-0.2, 0) is 0 Å². The van der Waals surface area contributed by atoms with Gasteiger partial charge in [-0.25, -0.2) is 0 Å². The molecule has 0 nitrogen and oxygen atoms in total. The van der Waals surface area contributed by atoms with Gasteiger partial charge in [0.25, 0.3) is 0 Å². The molecule has 0 amide bonds. The zero-order valence-electron chi connectivity index (χ0n) is 10.4. The molecule has 0 saturated carbocycles. The molecule has 0 spiro atoms. The molecule has 2 heteroatoms. The summed E-state index contributed by atoms with van der Waals surface area (Å²) in [5, 5.41) is 0. The predicted molar refractivity (Wildman–Crippen MR) is 72.2 cm³/mol. The van der Waals surface area contributed by atoms with E-state index in [9.17, 15) is 0 Å². The molecule has 0 bridgehead atoms. The molecule has 0 aromatic carbocycles. The second kappa shape index (κ2) is 17.5. The first-order valence-electron chi connectivity index (χ1n) is 6.12. The smallest absolute Gasteiger partial charge is 0 e. The monoisotopic (exact) mass is 241 g/mol. The Morgan fingerprint density at radius 2 is 1.00 bits per heavy atom. The molecule has 0 rings (SSSR count). The van der Waals surface area contributed by atoms with Crippen molar-refractivity contribution in [2.45, 2.75) is 71.1 Å². The normalized spacial score (nSPS) is 9.86. The Balaban J connectivity index is 0. The van der Waals surface area contributed by atoms with E-state index in [-0.39, 0.29) is 51.4 Å².